The first-order chi connectivity index (χ1) is 14.4. The van der Waals surface area contributed by atoms with Gasteiger partial charge >= 0.3 is 0 Å². The zero-order valence-corrected chi connectivity index (χ0v) is 16.5. The van der Waals surface area contributed by atoms with E-state index in [9.17, 15) is 24.1 Å². The number of hydrogen-bond acceptors (Lipinski definition) is 5. The van der Waals surface area contributed by atoms with Crippen LogP contribution >= 0.6 is 0 Å². The van der Waals surface area contributed by atoms with Crippen molar-refractivity contribution in [3.63, 3.8) is 0 Å². The van der Waals surface area contributed by atoms with Crippen molar-refractivity contribution in [2.75, 3.05) is 19.7 Å². The molecule has 2 aromatic carbocycles. The summed E-state index contributed by atoms with van der Waals surface area (Å²) in [5.41, 5.74) is 0.657. The maximum absolute atomic E-state index is 12.9. The molecule has 0 aliphatic carbocycles. The molecule has 9 heteroatoms. The van der Waals surface area contributed by atoms with E-state index in [0.717, 1.165) is 0 Å². The Labute approximate surface area is 172 Å². The molecule has 1 unspecified atom stereocenters. The van der Waals surface area contributed by atoms with Gasteiger partial charge in [-0.3, -0.25) is 19.7 Å². The maximum Gasteiger partial charge on any atom is 0.272 e. The molecule has 158 valence electrons. The van der Waals surface area contributed by atoms with Crippen LogP contribution in [0.4, 0.5) is 10.1 Å². The lowest BCUT2D eigenvalue weighted by atomic mass is 10.1. The molecular formula is C21H22FN3O5. The number of carbonyl (C=O) groups is 2. The first kappa shape index (κ1) is 21.2. The van der Waals surface area contributed by atoms with Gasteiger partial charge in [0, 0.05) is 23.7 Å². The number of nitro groups is 1. The van der Waals surface area contributed by atoms with E-state index >= 15 is 0 Å². The molecule has 1 fully saturated rings. The number of halogens is 1. The van der Waals surface area contributed by atoms with Gasteiger partial charge in [0.2, 0.25) is 5.91 Å². The minimum atomic E-state index is -0.598. The van der Waals surface area contributed by atoms with Gasteiger partial charge in [0.15, 0.2) is 0 Å². The molecule has 1 atom stereocenters. The van der Waals surface area contributed by atoms with Gasteiger partial charge in [-0.05, 0) is 56.2 Å². The van der Waals surface area contributed by atoms with Crippen molar-refractivity contribution in [3.8, 4) is 5.75 Å². The molecule has 30 heavy (non-hydrogen) atoms. The summed E-state index contributed by atoms with van der Waals surface area (Å²) >= 11 is 0. The highest BCUT2D eigenvalue weighted by molar-refractivity contribution is 5.98. The smallest absolute Gasteiger partial charge is 0.272 e. The minimum Gasteiger partial charge on any atom is -0.492 e. The summed E-state index contributed by atoms with van der Waals surface area (Å²) in [6.45, 7) is 2.47. The van der Waals surface area contributed by atoms with E-state index in [1.807, 2.05) is 0 Å². The Kier molecular flexibility index (Phi) is 6.61. The van der Waals surface area contributed by atoms with Crippen molar-refractivity contribution in [1.29, 1.82) is 0 Å². The van der Waals surface area contributed by atoms with Crippen molar-refractivity contribution >= 4 is 17.5 Å². The highest BCUT2D eigenvalue weighted by Gasteiger charge is 2.34. The highest BCUT2D eigenvalue weighted by atomic mass is 19.1. The summed E-state index contributed by atoms with van der Waals surface area (Å²) in [4.78, 5) is 37.4. The third-order valence-electron chi connectivity index (χ3n) is 4.94. The Balaban J connectivity index is 1.55. The number of hydrogen-bond donors (Lipinski definition) is 1. The van der Waals surface area contributed by atoms with Gasteiger partial charge < -0.3 is 15.0 Å². The number of likely N-dealkylation sites (tertiary alicyclic amines) is 1. The average molecular weight is 415 g/mol. The summed E-state index contributed by atoms with van der Waals surface area (Å²) in [7, 11) is 0. The van der Waals surface area contributed by atoms with Crippen LogP contribution in [-0.2, 0) is 4.79 Å². The lowest BCUT2D eigenvalue weighted by Crippen LogP contribution is -2.46. The number of aryl methyl sites for hydroxylation is 1. The second kappa shape index (κ2) is 9.34. The normalized spacial score (nSPS) is 15.7. The monoisotopic (exact) mass is 415 g/mol. The van der Waals surface area contributed by atoms with Gasteiger partial charge in [-0.1, -0.05) is 0 Å². The average Bonchev–Trinajstić information content (AvgIpc) is 3.21. The van der Waals surface area contributed by atoms with E-state index in [0.29, 0.717) is 36.3 Å². The summed E-state index contributed by atoms with van der Waals surface area (Å²) in [5, 5.41) is 13.7. The summed E-state index contributed by atoms with van der Waals surface area (Å²) < 4.78 is 18.3. The predicted molar refractivity (Wildman–Crippen MR) is 107 cm³/mol. The third kappa shape index (κ3) is 4.91. The van der Waals surface area contributed by atoms with Crippen LogP contribution in [0, 0.1) is 22.9 Å². The molecule has 3 rings (SSSR count). The molecule has 0 saturated carbocycles. The zero-order valence-electron chi connectivity index (χ0n) is 16.5. The van der Waals surface area contributed by atoms with Crippen LogP contribution in [0.25, 0.3) is 0 Å². The van der Waals surface area contributed by atoms with Crippen LogP contribution in [0.5, 0.6) is 5.75 Å². The second-order valence-corrected chi connectivity index (χ2v) is 7.01. The number of nitro benzene ring substituents is 1. The van der Waals surface area contributed by atoms with Gasteiger partial charge in [-0.2, -0.15) is 0 Å². The Morgan fingerprint density at radius 2 is 2.00 bits per heavy atom. The topological polar surface area (TPSA) is 102 Å². The van der Waals surface area contributed by atoms with Gasteiger partial charge in [0.25, 0.3) is 11.6 Å². The van der Waals surface area contributed by atoms with E-state index < -0.39 is 11.0 Å². The van der Waals surface area contributed by atoms with Crippen molar-refractivity contribution < 1.29 is 23.6 Å². The second-order valence-electron chi connectivity index (χ2n) is 7.01. The Hall–Kier alpha value is -3.49. The third-order valence-corrected chi connectivity index (χ3v) is 4.94. The standard InChI is InChI=1S/C21H22FN3O5/c1-14-13-15(4-9-18(14)25(28)29)21(27)24-11-2-3-19(24)20(26)23-10-12-30-17-7-5-16(22)6-8-17/h4-9,13,19H,2-3,10-12H2,1H3,(H,23,26). The van der Waals surface area contributed by atoms with Crippen molar-refractivity contribution in [3.05, 3.63) is 69.5 Å². The maximum atomic E-state index is 12.9. The molecule has 1 N–H and O–H groups in total. The van der Waals surface area contributed by atoms with Crippen LogP contribution in [0.3, 0.4) is 0 Å². The number of amides is 2. The molecule has 0 aromatic heterocycles. The van der Waals surface area contributed by atoms with Crippen molar-refractivity contribution in [1.82, 2.24) is 10.2 Å². The largest absolute Gasteiger partial charge is 0.492 e. The minimum absolute atomic E-state index is 0.0524. The van der Waals surface area contributed by atoms with E-state index in [4.69, 9.17) is 4.74 Å². The van der Waals surface area contributed by atoms with Crippen LogP contribution in [0.2, 0.25) is 0 Å². The van der Waals surface area contributed by atoms with E-state index in [1.165, 1.54) is 47.4 Å². The van der Waals surface area contributed by atoms with Gasteiger partial charge in [-0.15, -0.1) is 0 Å². The quantitative estimate of drug-likeness (QED) is 0.426. The Morgan fingerprint density at radius 3 is 2.67 bits per heavy atom. The molecule has 1 aliphatic heterocycles. The molecule has 2 amide bonds. The van der Waals surface area contributed by atoms with Crippen LogP contribution < -0.4 is 10.1 Å². The SMILES string of the molecule is Cc1cc(C(=O)N2CCCC2C(=O)NCCOc2ccc(F)cc2)ccc1[N+](=O)[O-]. The molecule has 1 saturated heterocycles. The van der Waals surface area contributed by atoms with Crippen LogP contribution in [0.1, 0.15) is 28.8 Å². The highest BCUT2D eigenvalue weighted by Crippen LogP contribution is 2.24. The van der Waals surface area contributed by atoms with E-state index in [-0.39, 0.29) is 36.5 Å². The molecule has 8 nitrogen and oxygen atoms in total. The van der Waals surface area contributed by atoms with Gasteiger partial charge in [0.1, 0.15) is 24.2 Å². The van der Waals surface area contributed by atoms with E-state index in [1.54, 1.807) is 6.92 Å². The predicted octanol–water partition coefficient (Wildman–Crippen LogP) is 2.84. The number of nitrogens with one attached hydrogen (secondary N) is 1. The first-order valence-corrected chi connectivity index (χ1v) is 9.59. The number of carbonyl (C=O) groups excluding carboxylic acids is 2. The number of ether oxygens (including phenoxy) is 1. The number of benzene rings is 2. The lowest BCUT2D eigenvalue weighted by Gasteiger charge is -2.24. The van der Waals surface area contributed by atoms with Crippen LogP contribution in [0.15, 0.2) is 42.5 Å². The molecule has 0 bridgehead atoms. The molecule has 0 radical (unpaired) electrons. The molecule has 2 aromatic rings. The fourth-order valence-corrected chi connectivity index (χ4v) is 3.43. The fraction of sp³-hybridized carbons (Fsp3) is 0.333. The lowest BCUT2D eigenvalue weighted by molar-refractivity contribution is -0.385. The number of rotatable bonds is 7. The van der Waals surface area contributed by atoms with Gasteiger partial charge in [0.05, 0.1) is 11.5 Å². The Morgan fingerprint density at radius 1 is 1.27 bits per heavy atom. The van der Waals surface area contributed by atoms with Crippen LogP contribution in [-0.4, -0.2) is 47.4 Å². The molecular weight excluding hydrogens is 393 g/mol. The molecule has 0 spiro atoms. The number of nitrogens with zero attached hydrogens (tertiary/aromatic N) is 2. The fourth-order valence-electron chi connectivity index (χ4n) is 3.43. The Bertz CT molecular complexity index is 948. The molecule has 1 heterocycles. The summed E-state index contributed by atoms with van der Waals surface area (Å²) in [5.74, 6) is -0.461. The van der Waals surface area contributed by atoms with Gasteiger partial charge in [-0.25, -0.2) is 4.39 Å². The summed E-state index contributed by atoms with van der Waals surface area (Å²) in [6.07, 6.45) is 1.24. The van der Waals surface area contributed by atoms with E-state index in [2.05, 4.69) is 5.32 Å². The zero-order chi connectivity index (χ0) is 21.7. The molecule has 1 aliphatic rings. The van der Waals surface area contributed by atoms with Crippen molar-refractivity contribution in [2.24, 2.45) is 0 Å². The summed E-state index contributed by atoms with van der Waals surface area (Å²) in [6, 6.07) is 9.17. The first-order valence-electron chi connectivity index (χ1n) is 9.59. The van der Waals surface area contributed by atoms with Crippen molar-refractivity contribution in [2.45, 2.75) is 25.8 Å².